The molecule has 0 atom stereocenters. The van der Waals surface area contributed by atoms with E-state index in [0.29, 0.717) is 11.5 Å². The van der Waals surface area contributed by atoms with Gasteiger partial charge in [0.25, 0.3) is 10.0 Å². The summed E-state index contributed by atoms with van der Waals surface area (Å²) in [6.45, 7) is 3.88. The van der Waals surface area contributed by atoms with Crippen LogP contribution in [0.3, 0.4) is 0 Å². The minimum atomic E-state index is -3.83. The van der Waals surface area contributed by atoms with Crippen LogP contribution in [-0.4, -0.2) is 18.6 Å². The first-order valence-corrected chi connectivity index (χ1v) is 9.12. The Morgan fingerprint density at radius 2 is 1.88 bits per heavy atom. The third-order valence-electron chi connectivity index (χ3n) is 3.66. The Morgan fingerprint density at radius 1 is 1.15 bits per heavy atom. The summed E-state index contributed by atoms with van der Waals surface area (Å²) in [5.74, 6) is 0.666. The lowest BCUT2D eigenvalue weighted by Gasteiger charge is -2.09. The Bertz CT molecular complexity index is 980. The Balaban J connectivity index is 1.69. The van der Waals surface area contributed by atoms with Crippen molar-refractivity contribution in [1.29, 1.82) is 0 Å². The van der Waals surface area contributed by atoms with Crippen molar-refractivity contribution >= 4 is 15.8 Å². The van der Waals surface area contributed by atoms with Gasteiger partial charge in [-0.2, -0.15) is 0 Å². The quantitative estimate of drug-likeness (QED) is 0.709. The summed E-state index contributed by atoms with van der Waals surface area (Å²) in [7, 11) is -3.83. The summed E-state index contributed by atoms with van der Waals surface area (Å²) < 4.78 is 50.5. The second kappa shape index (κ2) is 7.12. The summed E-state index contributed by atoms with van der Waals surface area (Å²) >= 11 is 0. The van der Waals surface area contributed by atoms with E-state index >= 15 is 0 Å². The number of ether oxygens (including phenoxy) is 1. The number of halogens is 1. The molecule has 0 spiro atoms. The highest BCUT2D eigenvalue weighted by molar-refractivity contribution is 7.92. The molecule has 0 aliphatic carbocycles. The molecule has 2 aromatic heterocycles. The molecule has 3 aromatic rings. The van der Waals surface area contributed by atoms with E-state index in [0.717, 1.165) is 23.5 Å². The highest BCUT2D eigenvalue weighted by Crippen LogP contribution is 2.21. The molecule has 9 heteroatoms. The molecule has 0 saturated heterocycles. The first-order chi connectivity index (χ1) is 12.3. The van der Waals surface area contributed by atoms with Gasteiger partial charge in [0.15, 0.2) is 0 Å². The minimum absolute atomic E-state index is 0.0325. The monoisotopic (exact) mass is 377 g/mol. The largest absolute Gasteiger partial charge is 0.489 e. The lowest BCUT2D eigenvalue weighted by atomic mass is 10.2. The second-order valence-corrected chi connectivity index (χ2v) is 7.21. The van der Waals surface area contributed by atoms with Crippen LogP contribution in [0, 0.1) is 19.7 Å². The topological polar surface area (TPSA) is 94.3 Å². The van der Waals surface area contributed by atoms with Crippen molar-refractivity contribution < 1.29 is 22.1 Å². The number of aromatic nitrogens is 2. The number of benzene rings is 1. The van der Waals surface area contributed by atoms with Crippen LogP contribution >= 0.6 is 0 Å². The standard InChI is InChI=1S/C17H16FN3O4S/c1-11-16(12(2)25-20-11)10-24-14-4-6-15(7-5-14)26(22,23)21-17-8-3-13(18)9-19-17/h3-9H,10H2,1-2H3,(H,19,21). The molecule has 136 valence electrons. The molecule has 7 nitrogen and oxygen atoms in total. The van der Waals surface area contributed by atoms with Crippen molar-refractivity contribution in [2.24, 2.45) is 0 Å². The van der Waals surface area contributed by atoms with Gasteiger partial charge in [-0.25, -0.2) is 17.8 Å². The zero-order valence-electron chi connectivity index (χ0n) is 14.1. The van der Waals surface area contributed by atoms with Crippen molar-refractivity contribution in [2.45, 2.75) is 25.3 Å². The molecule has 0 aliphatic heterocycles. The summed E-state index contributed by atoms with van der Waals surface area (Å²) in [5.41, 5.74) is 1.60. The number of rotatable bonds is 6. The van der Waals surface area contributed by atoms with E-state index in [-0.39, 0.29) is 17.3 Å². The summed E-state index contributed by atoms with van der Waals surface area (Å²) in [5, 5.41) is 3.85. The lowest BCUT2D eigenvalue weighted by molar-refractivity contribution is 0.301. The molecule has 2 heterocycles. The third-order valence-corrected chi connectivity index (χ3v) is 5.04. The molecule has 0 unspecified atom stereocenters. The van der Waals surface area contributed by atoms with Crippen molar-refractivity contribution in [2.75, 3.05) is 4.72 Å². The van der Waals surface area contributed by atoms with E-state index < -0.39 is 15.8 Å². The van der Waals surface area contributed by atoms with Crippen LogP contribution in [0.15, 0.2) is 52.0 Å². The van der Waals surface area contributed by atoms with Crippen LogP contribution in [0.5, 0.6) is 5.75 Å². The number of hydrogen-bond donors (Lipinski definition) is 1. The van der Waals surface area contributed by atoms with Gasteiger partial charge in [-0.15, -0.1) is 0 Å². The van der Waals surface area contributed by atoms with Gasteiger partial charge in [0.1, 0.15) is 29.8 Å². The number of pyridine rings is 1. The maximum atomic E-state index is 12.8. The number of sulfonamides is 1. The molecule has 26 heavy (non-hydrogen) atoms. The number of aryl methyl sites for hydroxylation is 2. The van der Waals surface area contributed by atoms with Crippen LogP contribution < -0.4 is 9.46 Å². The summed E-state index contributed by atoms with van der Waals surface area (Å²) in [4.78, 5) is 3.71. The van der Waals surface area contributed by atoms with E-state index in [1.807, 2.05) is 6.92 Å². The van der Waals surface area contributed by atoms with Crippen LogP contribution in [0.25, 0.3) is 0 Å². The molecular weight excluding hydrogens is 361 g/mol. The van der Waals surface area contributed by atoms with Crippen molar-refractivity contribution in [3.05, 3.63) is 65.4 Å². The fraction of sp³-hybridized carbons (Fsp3) is 0.176. The van der Waals surface area contributed by atoms with E-state index in [2.05, 4.69) is 14.9 Å². The Hall–Kier alpha value is -2.94. The van der Waals surface area contributed by atoms with Gasteiger partial charge < -0.3 is 9.26 Å². The third kappa shape index (κ3) is 3.99. The van der Waals surface area contributed by atoms with Crippen LogP contribution in [0.2, 0.25) is 0 Å². The smallest absolute Gasteiger partial charge is 0.263 e. The number of nitrogens with one attached hydrogen (secondary N) is 1. The Morgan fingerprint density at radius 3 is 2.46 bits per heavy atom. The zero-order valence-corrected chi connectivity index (χ0v) is 14.9. The van der Waals surface area contributed by atoms with Gasteiger partial charge >= 0.3 is 0 Å². The maximum Gasteiger partial charge on any atom is 0.263 e. The fourth-order valence-corrected chi connectivity index (χ4v) is 3.22. The highest BCUT2D eigenvalue weighted by Gasteiger charge is 2.15. The van der Waals surface area contributed by atoms with E-state index in [9.17, 15) is 12.8 Å². The molecule has 1 aromatic carbocycles. The first kappa shape index (κ1) is 17.9. The SMILES string of the molecule is Cc1noc(C)c1COc1ccc(S(=O)(=O)Nc2ccc(F)cn2)cc1. The van der Waals surface area contributed by atoms with Gasteiger partial charge in [-0.05, 0) is 50.2 Å². The molecule has 1 N–H and O–H groups in total. The molecule has 0 aliphatic rings. The van der Waals surface area contributed by atoms with Crippen LogP contribution in [0.4, 0.5) is 10.2 Å². The van der Waals surface area contributed by atoms with Gasteiger partial charge in [-0.3, -0.25) is 4.72 Å². The summed E-state index contributed by atoms with van der Waals surface area (Å²) in [6.07, 6.45) is 0.934. The number of nitrogens with zero attached hydrogens (tertiary/aromatic N) is 2. The predicted molar refractivity (Wildman–Crippen MR) is 91.8 cm³/mol. The van der Waals surface area contributed by atoms with Crippen molar-refractivity contribution in [1.82, 2.24) is 10.1 Å². The average molecular weight is 377 g/mol. The number of hydrogen-bond acceptors (Lipinski definition) is 6. The van der Waals surface area contributed by atoms with Crippen LogP contribution in [0.1, 0.15) is 17.0 Å². The average Bonchev–Trinajstić information content (AvgIpc) is 2.93. The molecular formula is C17H16FN3O4S. The molecule has 0 fully saturated rings. The Labute approximate surface area is 149 Å². The maximum absolute atomic E-state index is 12.8. The molecule has 0 radical (unpaired) electrons. The normalized spacial score (nSPS) is 11.3. The highest BCUT2D eigenvalue weighted by atomic mass is 32.2. The van der Waals surface area contributed by atoms with Crippen molar-refractivity contribution in [3.8, 4) is 5.75 Å². The first-order valence-electron chi connectivity index (χ1n) is 7.64. The fourth-order valence-electron chi connectivity index (χ4n) is 2.21. The van der Waals surface area contributed by atoms with Gasteiger partial charge in [0.2, 0.25) is 0 Å². The summed E-state index contributed by atoms with van der Waals surface area (Å²) in [6, 6.07) is 8.28. The molecule has 0 bridgehead atoms. The van der Waals surface area contributed by atoms with E-state index in [1.165, 1.54) is 18.2 Å². The minimum Gasteiger partial charge on any atom is -0.489 e. The number of anilines is 1. The van der Waals surface area contributed by atoms with E-state index in [1.54, 1.807) is 19.1 Å². The van der Waals surface area contributed by atoms with Gasteiger partial charge in [0, 0.05) is 0 Å². The van der Waals surface area contributed by atoms with Crippen LogP contribution in [-0.2, 0) is 16.6 Å². The van der Waals surface area contributed by atoms with Gasteiger partial charge in [0.05, 0.1) is 22.3 Å². The lowest BCUT2D eigenvalue weighted by Crippen LogP contribution is -2.13. The molecule has 0 saturated carbocycles. The second-order valence-electron chi connectivity index (χ2n) is 5.53. The van der Waals surface area contributed by atoms with Gasteiger partial charge in [-0.1, -0.05) is 5.16 Å². The zero-order chi connectivity index (χ0) is 18.7. The van der Waals surface area contributed by atoms with E-state index in [4.69, 9.17) is 9.26 Å². The molecule has 3 rings (SSSR count). The molecule has 0 amide bonds. The Kier molecular flexibility index (Phi) is 4.90. The van der Waals surface area contributed by atoms with Crippen molar-refractivity contribution in [3.63, 3.8) is 0 Å². The predicted octanol–water partition coefficient (Wildman–Crippen LogP) is 3.21.